The molecule has 2 N–H and O–H groups in total. The van der Waals surface area contributed by atoms with Crippen LogP contribution >= 0.6 is 11.8 Å². The van der Waals surface area contributed by atoms with Crippen molar-refractivity contribution in [2.45, 2.75) is 42.6 Å². The Kier molecular flexibility index (Phi) is 4.85. The average molecular weight is 332 g/mol. The molecule has 122 valence electrons. The zero-order valence-electron chi connectivity index (χ0n) is 13.1. The van der Waals surface area contributed by atoms with Crippen molar-refractivity contribution >= 4 is 17.7 Å². The lowest BCUT2D eigenvalue weighted by atomic mass is 10.2. The Morgan fingerprint density at radius 1 is 1.43 bits per heavy atom. The third-order valence-electron chi connectivity index (χ3n) is 3.77. The standard InChI is InChI=1S/C16H20N4O2S/c1-22-13-4-2-3-11(9-13)10-23-16-19-18-15(12-5-6-12)20(16)8-7-14(17)21/h2-4,9,12H,5-8,10H2,1H3,(H2,17,21). The molecule has 0 aliphatic heterocycles. The Morgan fingerprint density at radius 2 is 2.26 bits per heavy atom. The Labute approximate surface area is 139 Å². The molecule has 1 saturated carbocycles. The monoisotopic (exact) mass is 332 g/mol. The predicted octanol–water partition coefficient (Wildman–Crippen LogP) is 2.33. The number of thioether (sulfide) groups is 1. The zero-order chi connectivity index (χ0) is 16.2. The minimum absolute atomic E-state index is 0.302. The highest BCUT2D eigenvalue weighted by Crippen LogP contribution is 2.40. The summed E-state index contributed by atoms with van der Waals surface area (Å²) >= 11 is 1.62. The number of hydrogen-bond acceptors (Lipinski definition) is 5. The summed E-state index contributed by atoms with van der Waals surface area (Å²) in [4.78, 5) is 11.1. The fraction of sp³-hybridized carbons (Fsp3) is 0.438. The van der Waals surface area contributed by atoms with E-state index in [1.54, 1.807) is 18.9 Å². The quantitative estimate of drug-likeness (QED) is 0.750. The summed E-state index contributed by atoms with van der Waals surface area (Å²) in [6.07, 6.45) is 2.61. The van der Waals surface area contributed by atoms with Gasteiger partial charge in [0, 0.05) is 24.6 Å². The van der Waals surface area contributed by atoms with E-state index in [1.165, 1.54) is 0 Å². The molecule has 3 rings (SSSR count). The third kappa shape index (κ3) is 4.04. The number of rotatable bonds is 8. The molecule has 1 fully saturated rings. The summed E-state index contributed by atoms with van der Waals surface area (Å²) in [5, 5.41) is 9.47. The van der Waals surface area contributed by atoms with Crippen molar-refractivity contribution < 1.29 is 9.53 Å². The van der Waals surface area contributed by atoms with Crippen LogP contribution in [0.25, 0.3) is 0 Å². The molecule has 1 aliphatic carbocycles. The Hall–Kier alpha value is -2.02. The van der Waals surface area contributed by atoms with Crippen molar-refractivity contribution in [3.8, 4) is 5.75 Å². The highest BCUT2D eigenvalue weighted by Gasteiger charge is 2.30. The summed E-state index contributed by atoms with van der Waals surface area (Å²) in [5.74, 6) is 2.79. The predicted molar refractivity (Wildman–Crippen MR) is 88.4 cm³/mol. The van der Waals surface area contributed by atoms with E-state index in [1.807, 2.05) is 22.8 Å². The van der Waals surface area contributed by atoms with Gasteiger partial charge in [-0.3, -0.25) is 4.79 Å². The molecule has 0 unspecified atom stereocenters. The van der Waals surface area contributed by atoms with Crippen LogP contribution in [-0.4, -0.2) is 27.8 Å². The normalized spacial score (nSPS) is 14.0. The largest absolute Gasteiger partial charge is 0.497 e. The van der Waals surface area contributed by atoms with E-state index < -0.39 is 0 Å². The first-order valence-corrected chi connectivity index (χ1v) is 8.63. The number of hydrogen-bond donors (Lipinski definition) is 1. The van der Waals surface area contributed by atoms with Gasteiger partial charge in [0.05, 0.1) is 7.11 Å². The van der Waals surface area contributed by atoms with Crippen molar-refractivity contribution in [3.05, 3.63) is 35.7 Å². The van der Waals surface area contributed by atoms with Gasteiger partial charge in [0.15, 0.2) is 5.16 Å². The first kappa shape index (κ1) is 15.9. The first-order valence-electron chi connectivity index (χ1n) is 7.64. The number of nitrogens with zero attached hydrogens (tertiary/aromatic N) is 3. The molecule has 0 atom stereocenters. The number of amides is 1. The van der Waals surface area contributed by atoms with Crippen LogP contribution in [0.4, 0.5) is 0 Å². The van der Waals surface area contributed by atoms with E-state index in [4.69, 9.17) is 10.5 Å². The molecule has 23 heavy (non-hydrogen) atoms. The van der Waals surface area contributed by atoms with Crippen LogP contribution in [0.5, 0.6) is 5.75 Å². The van der Waals surface area contributed by atoms with Crippen molar-refractivity contribution in [2.24, 2.45) is 5.73 Å². The van der Waals surface area contributed by atoms with Gasteiger partial charge in [-0.05, 0) is 30.5 Å². The topological polar surface area (TPSA) is 83.0 Å². The molecule has 1 heterocycles. The van der Waals surface area contributed by atoms with E-state index in [9.17, 15) is 4.79 Å². The number of benzene rings is 1. The second-order valence-electron chi connectivity index (χ2n) is 5.62. The van der Waals surface area contributed by atoms with Gasteiger partial charge in [-0.15, -0.1) is 10.2 Å². The summed E-state index contributed by atoms with van der Waals surface area (Å²) in [6, 6.07) is 7.97. The third-order valence-corrected chi connectivity index (χ3v) is 4.81. The molecular formula is C16H20N4O2S. The molecule has 2 aromatic rings. The molecule has 1 aliphatic rings. The average Bonchev–Trinajstić information content (AvgIpc) is 3.32. The number of nitrogens with two attached hydrogens (primary N) is 1. The fourth-order valence-electron chi connectivity index (χ4n) is 2.39. The van der Waals surface area contributed by atoms with E-state index >= 15 is 0 Å². The van der Waals surface area contributed by atoms with E-state index in [-0.39, 0.29) is 5.91 Å². The molecule has 1 amide bonds. The Balaban J connectivity index is 1.72. The minimum Gasteiger partial charge on any atom is -0.497 e. The van der Waals surface area contributed by atoms with Crippen molar-refractivity contribution in [1.82, 2.24) is 14.8 Å². The number of ether oxygens (including phenoxy) is 1. The summed E-state index contributed by atoms with van der Waals surface area (Å²) in [5.41, 5.74) is 6.44. The van der Waals surface area contributed by atoms with Gasteiger partial charge < -0.3 is 15.0 Å². The second-order valence-corrected chi connectivity index (χ2v) is 6.57. The number of primary amides is 1. The van der Waals surface area contributed by atoms with Crippen molar-refractivity contribution in [1.29, 1.82) is 0 Å². The van der Waals surface area contributed by atoms with E-state index in [2.05, 4.69) is 16.3 Å². The maximum absolute atomic E-state index is 11.1. The van der Waals surface area contributed by atoms with Gasteiger partial charge in [-0.25, -0.2) is 0 Å². The highest BCUT2D eigenvalue weighted by molar-refractivity contribution is 7.98. The maximum atomic E-state index is 11.1. The lowest BCUT2D eigenvalue weighted by Crippen LogP contribution is -2.15. The molecule has 7 heteroatoms. The van der Waals surface area contributed by atoms with Gasteiger partial charge in [0.25, 0.3) is 0 Å². The summed E-state index contributed by atoms with van der Waals surface area (Å²) in [6.45, 7) is 0.550. The molecule has 1 aromatic carbocycles. The number of carbonyl (C=O) groups is 1. The SMILES string of the molecule is COc1cccc(CSc2nnc(C3CC3)n2CCC(N)=O)c1. The number of carbonyl (C=O) groups excluding carboxylic acids is 1. The van der Waals surface area contributed by atoms with E-state index in [0.29, 0.717) is 18.9 Å². The molecule has 1 aromatic heterocycles. The molecule has 0 radical (unpaired) electrons. The van der Waals surface area contributed by atoms with Crippen molar-refractivity contribution in [3.63, 3.8) is 0 Å². The smallest absolute Gasteiger partial charge is 0.219 e. The minimum atomic E-state index is -0.302. The summed E-state index contributed by atoms with van der Waals surface area (Å²) in [7, 11) is 1.66. The fourth-order valence-corrected chi connectivity index (χ4v) is 3.31. The highest BCUT2D eigenvalue weighted by atomic mass is 32.2. The maximum Gasteiger partial charge on any atom is 0.219 e. The molecule has 0 bridgehead atoms. The summed E-state index contributed by atoms with van der Waals surface area (Å²) < 4.78 is 7.29. The number of methoxy groups -OCH3 is 1. The Bertz CT molecular complexity index is 697. The van der Waals surface area contributed by atoms with Gasteiger partial charge in [-0.1, -0.05) is 23.9 Å². The molecular weight excluding hydrogens is 312 g/mol. The van der Waals surface area contributed by atoms with Crippen LogP contribution < -0.4 is 10.5 Å². The zero-order valence-corrected chi connectivity index (χ0v) is 13.9. The Morgan fingerprint density at radius 3 is 2.96 bits per heavy atom. The van der Waals surface area contributed by atoms with Crippen LogP contribution in [0.3, 0.4) is 0 Å². The molecule has 0 spiro atoms. The van der Waals surface area contributed by atoms with Crippen LogP contribution in [-0.2, 0) is 17.1 Å². The van der Waals surface area contributed by atoms with Crippen LogP contribution in [0, 0.1) is 0 Å². The van der Waals surface area contributed by atoms with Gasteiger partial charge in [0.1, 0.15) is 11.6 Å². The molecule has 0 saturated heterocycles. The van der Waals surface area contributed by atoms with Crippen LogP contribution in [0.2, 0.25) is 0 Å². The van der Waals surface area contributed by atoms with Gasteiger partial charge in [-0.2, -0.15) is 0 Å². The molecule has 6 nitrogen and oxygen atoms in total. The van der Waals surface area contributed by atoms with Crippen LogP contribution in [0.15, 0.2) is 29.4 Å². The van der Waals surface area contributed by atoms with Crippen molar-refractivity contribution in [2.75, 3.05) is 7.11 Å². The van der Waals surface area contributed by atoms with Crippen LogP contribution in [0.1, 0.15) is 36.6 Å². The van der Waals surface area contributed by atoms with E-state index in [0.717, 1.165) is 40.9 Å². The van der Waals surface area contributed by atoms with Gasteiger partial charge >= 0.3 is 0 Å². The first-order chi connectivity index (χ1) is 11.2. The lowest BCUT2D eigenvalue weighted by Gasteiger charge is -2.09. The lowest BCUT2D eigenvalue weighted by molar-refractivity contribution is -0.118. The second kappa shape index (κ2) is 7.04. The number of aromatic nitrogens is 3. The van der Waals surface area contributed by atoms with Gasteiger partial charge in [0.2, 0.25) is 5.91 Å².